The molecule has 4 fully saturated rings. The fraction of sp³-hybridized carbons (Fsp3) is 0.483. The number of H-pyrrole nitrogens is 1. The van der Waals surface area contributed by atoms with Gasteiger partial charge in [-0.15, -0.1) is 0 Å². The SMILES string of the molecule is CCOc1cc(OC)ccc1CNCC(=O)N1CCCC(c2cccc(C(=O)NC(C)(C)C(=O)N3CCN(CC4CCN(CC(=O)N5CCN(C(=O)c6cc(Cc7n[nH]c(=O)c8ccccc78)ccc6F)CC5)CC4)CC3)c2)C1. The molecule has 18 nitrogen and oxygen atoms in total. The molecule has 19 heteroatoms. The lowest BCUT2D eigenvalue weighted by Crippen LogP contribution is -2.60. The smallest absolute Gasteiger partial charge is 0.272 e. The van der Waals surface area contributed by atoms with Gasteiger partial charge < -0.3 is 39.7 Å². The minimum Gasteiger partial charge on any atom is -0.497 e. The third-order valence-electron chi connectivity index (χ3n) is 16.1. The number of aromatic nitrogens is 2. The molecule has 0 bridgehead atoms. The number of methoxy groups -OCH3 is 1. The number of hydrogen-bond acceptors (Lipinski definition) is 12. The van der Waals surface area contributed by atoms with E-state index in [4.69, 9.17) is 9.47 Å². The van der Waals surface area contributed by atoms with Crippen LogP contribution >= 0.6 is 0 Å². The molecule has 1 atom stereocenters. The van der Waals surface area contributed by atoms with Crippen molar-refractivity contribution in [3.05, 3.63) is 135 Å². The van der Waals surface area contributed by atoms with Crippen LogP contribution in [-0.2, 0) is 27.3 Å². The quantitative estimate of drug-likeness (QED) is 0.108. The average molecular weight is 1080 g/mol. The minimum absolute atomic E-state index is 0.0228. The van der Waals surface area contributed by atoms with Crippen LogP contribution in [0.4, 0.5) is 4.39 Å². The van der Waals surface area contributed by atoms with E-state index in [1.807, 2.05) is 65.3 Å². The van der Waals surface area contributed by atoms with Crippen molar-refractivity contribution < 1.29 is 37.8 Å². The Balaban J connectivity index is 0.668. The molecule has 4 saturated heterocycles. The minimum atomic E-state index is -1.13. The van der Waals surface area contributed by atoms with Gasteiger partial charge in [0.1, 0.15) is 22.9 Å². The van der Waals surface area contributed by atoms with Crippen LogP contribution in [0.15, 0.2) is 89.7 Å². The number of benzene rings is 4. The number of nitrogens with zero attached hydrogens (tertiary/aromatic N) is 7. The molecule has 4 aromatic carbocycles. The summed E-state index contributed by atoms with van der Waals surface area (Å²) in [6, 6.07) is 24.8. The largest absolute Gasteiger partial charge is 0.497 e. The van der Waals surface area contributed by atoms with Crippen LogP contribution in [0.3, 0.4) is 0 Å². The van der Waals surface area contributed by atoms with Crippen molar-refractivity contribution in [2.45, 2.75) is 70.9 Å². The summed E-state index contributed by atoms with van der Waals surface area (Å²) in [5.41, 5.74) is 2.28. The Morgan fingerprint density at radius 1 is 0.759 bits per heavy atom. The number of likely N-dealkylation sites (tertiary alicyclic amines) is 2. The number of carbonyl (C=O) groups excluding carboxylic acids is 5. The monoisotopic (exact) mass is 1080 g/mol. The predicted octanol–water partition coefficient (Wildman–Crippen LogP) is 4.91. The van der Waals surface area contributed by atoms with Gasteiger partial charge in [0.25, 0.3) is 17.4 Å². The van der Waals surface area contributed by atoms with Gasteiger partial charge in [-0.05, 0) is 113 Å². The predicted molar refractivity (Wildman–Crippen MR) is 299 cm³/mol. The standard InChI is InChI=1S/C60H75FN10O8/c1-5-79-53-35-47(78-4)17-16-45(53)36-62-37-54(72)71-21-9-12-46(39-71)43-10-8-11-44(34-43)56(74)63-60(2,3)59(77)70-26-24-67(25-27-70)38-41-19-22-66(23-20-41)40-55(73)68-28-30-69(31-29-68)58(76)50-32-42(15-18-51(50)61)33-52-48-13-6-7-14-49(48)57(75)65-64-52/h6-8,10-11,13-18,32,34-35,41,46,62H,5,9,12,19-31,33,36-40H2,1-4H3,(H,63,74)(H,65,75). The van der Waals surface area contributed by atoms with Gasteiger partial charge >= 0.3 is 0 Å². The van der Waals surface area contributed by atoms with Gasteiger partial charge in [0.15, 0.2) is 0 Å². The van der Waals surface area contributed by atoms with E-state index in [-0.39, 0.29) is 47.2 Å². The molecule has 5 aromatic rings. The van der Waals surface area contributed by atoms with Crippen molar-refractivity contribution in [3.8, 4) is 11.5 Å². The normalized spacial score (nSPS) is 17.9. The molecule has 4 aliphatic rings. The second kappa shape index (κ2) is 25.7. The first-order valence-corrected chi connectivity index (χ1v) is 27.9. The van der Waals surface area contributed by atoms with E-state index >= 15 is 4.39 Å². The Hall–Kier alpha value is -7.22. The molecule has 4 aliphatic heterocycles. The van der Waals surface area contributed by atoms with Crippen molar-refractivity contribution in [1.29, 1.82) is 0 Å². The number of piperazine rings is 2. The van der Waals surface area contributed by atoms with E-state index in [1.54, 1.807) is 61.1 Å². The number of nitrogens with one attached hydrogen (secondary N) is 3. The van der Waals surface area contributed by atoms with Crippen LogP contribution < -0.4 is 25.7 Å². The van der Waals surface area contributed by atoms with Gasteiger partial charge in [-0.2, -0.15) is 5.10 Å². The molecule has 0 radical (unpaired) electrons. The van der Waals surface area contributed by atoms with Crippen LogP contribution in [0.5, 0.6) is 11.5 Å². The Bertz CT molecular complexity index is 3050. The summed E-state index contributed by atoms with van der Waals surface area (Å²) in [6.07, 6.45) is 3.99. The number of rotatable bonds is 18. The van der Waals surface area contributed by atoms with E-state index in [2.05, 4.69) is 30.6 Å². The van der Waals surface area contributed by atoms with E-state index < -0.39 is 17.3 Å². The van der Waals surface area contributed by atoms with Crippen LogP contribution in [0.1, 0.15) is 95.5 Å². The van der Waals surface area contributed by atoms with Gasteiger partial charge in [0.2, 0.25) is 17.7 Å². The molecule has 5 heterocycles. The van der Waals surface area contributed by atoms with Crippen molar-refractivity contribution in [1.82, 2.24) is 50.2 Å². The highest BCUT2D eigenvalue weighted by atomic mass is 19.1. The van der Waals surface area contributed by atoms with Crippen LogP contribution in [0.25, 0.3) is 10.8 Å². The van der Waals surface area contributed by atoms with Gasteiger partial charge in [-0.1, -0.05) is 42.5 Å². The molecule has 5 amide bonds. The van der Waals surface area contributed by atoms with Crippen molar-refractivity contribution in [3.63, 3.8) is 0 Å². The summed E-state index contributed by atoms with van der Waals surface area (Å²) in [5, 5.41) is 14.3. The number of aromatic amines is 1. The average Bonchev–Trinajstić information content (AvgIpc) is 3.49. The summed E-state index contributed by atoms with van der Waals surface area (Å²) in [6.45, 7) is 14.7. The lowest BCUT2D eigenvalue weighted by atomic mass is 9.89. The molecule has 1 aromatic heterocycles. The number of halogens is 1. The Morgan fingerprint density at radius 2 is 1.49 bits per heavy atom. The van der Waals surface area contributed by atoms with Crippen molar-refractivity contribution >= 4 is 40.3 Å². The molecule has 0 saturated carbocycles. The highest BCUT2D eigenvalue weighted by molar-refractivity contribution is 5.99. The van der Waals surface area contributed by atoms with Crippen LogP contribution in [0, 0.1) is 11.7 Å². The first-order chi connectivity index (χ1) is 38.2. The maximum atomic E-state index is 15.1. The highest BCUT2D eigenvalue weighted by Crippen LogP contribution is 2.29. The number of hydrogen-bond donors (Lipinski definition) is 3. The number of ether oxygens (including phenoxy) is 2. The first-order valence-electron chi connectivity index (χ1n) is 27.9. The Labute approximate surface area is 461 Å². The van der Waals surface area contributed by atoms with Crippen LogP contribution in [-0.4, -0.2) is 187 Å². The van der Waals surface area contributed by atoms with Crippen molar-refractivity contribution in [2.24, 2.45) is 5.92 Å². The summed E-state index contributed by atoms with van der Waals surface area (Å²) in [4.78, 5) is 92.2. The summed E-state index contributed by atoms with van der Waals surface area (Å²) >= 11 is 0. The zero-order chi connectivity index (χ0) is 55.6. The zero-order valence-electron chi connectivity index (χ0n) is 46.1. The third-order valence-corrected chi connectivity index (χ3v) is 16.1. The van der Waals surface area contributed by atoms with Gasteiger partial charge in [-0.3, -0.25) is 38.6 Å². The van der Waals surface area contributed by atoms with Crippen LogP contribution in [0.2, 0.25) is 0 Å². The van der Waals surface area contributed by atoms with E-state index in [0.717, 1.165) is 75.3 Å². The van der Waals surface area contributed by atoms with Gasteiger partial charge in [0.05, 0.1) is 43.4 Å². The van der Waals surface area contributed by atoms with Gasteiger partial charge in [0, 0.05) is 113 Å². The van der Waals surface area contributed by atoms with Crippen molar-refractivity contribution in [2.75, 3.05) is 112 Å². The molecule has 0 aliphatic carbocycles. The summed E-state index contributed by atoms with van der Waals surface area (Å²) in [5.74, 6) is 0.567. The van der Waals surface area contributed by atoms with E-state index in [0.29, 0.717) is 118 Å². The van der Waals surface area contributed by atoms with Gasteiger partial charge in [-0.25, -0.2) is 9.49 Å². The number of amides is 5. The van der Waals surface area contributed by atoms with E-state index in [1.165, 1.54) is 6.07 Å². The molecule has 79 heavy (non-hydrogen) atoms. The molecule has 9 rings (SSSR count). The lowest BCUT2D eigenvalue weighted by Gasteiger charge is -2.41. The third kappa shape index (κ3) is 14.0. The second-order valence-corrected chi connectivity index (χ2v) is 21.9. The fourth-order valence-electron chi connectivity index (χ4n) is 11.5. The fourth-order valence-corrected chi connectivity index (χ4v) is 11.5. The molecule has 1 unspecified atom stereocenters. The zero-order valence-corrected chi connectivity index (χ0v) is 46.1. The topological polar surface area (TPSA) is 193 Å². The molecule has 0 spiro atoms. The molecular formula is C60H75FN10O8. The molecule has 3 N–H and O–H groups in total. The number of carbonyl (C=O) groups is 5. The number of piperidine rings is 2. The lowest BCUT2D eigenvalue weighted by molar-refractivity contribution is -0.138. The maximum absolute atomic E-state index is 15.1. The highest BCUT2D eigenvalue weighted by Gasteiger charge is 2.37. The maximum Gasteiger partial charge on any atom is 0.272 e. The molecule has 420 valence electrons. The summed E-state index contributed by atoms with van der Waals surface area (Å²) in [7, 11) is 1.62. The Kier molecular flexibility index (Phi) is 18.4. The Morgan fingerprint density at radius 3 is 2.24 bits per heavy atom. The van der Waals surface area contributed by atoms with E-state index in [9.17, 15) is 28.8 Å². The molecular weight excluding hydrogens is 1010 g/mol. The summed E-state index contributed by atoms with van der Waals surface area (Å²) < 4.78 is 26.3. The second-order valence-electron chi connectivity index (χ2n) is 21.9. The first kappa shape index (κ1) is 56.5. The number of fused-ring (bicyclic) bond motifs is 1.